The molecule has 2 atom stereocenters. The van der Waals surface area contributed by atoms with Gasteiger partial charge in [-0.15, -0.1) is 4.52 Å². The third kappa shape index (κ3) is 10.6. The van der Waals surface area contributed by atoms with Crippen molar-refractivity contribution in [2.24, 2.45) is 0 Å². The van der Waals surface area contributed by atoms with Crippen LogP contribution in [-0.4, -0.2) is 42.9 Å². The van der Waals surface area contributed by atoms with Crippen molar-refractivity contribution in [3.63, 3.8) is 0 Å². The standard InChI is InChI=1S/C5H13NO8P2/c1-6-4-12-2-5(3-13-15(7)8)14-16(9,10)11/h5-6H,2-4H2,1H3,(H2,9,10,11). The molecule has 9 nitrogen and oxygen atoms in total. The van der Waals surface area contributed by atoms with Gasteiger partial charge in [-0.25, -0.2) is 4.57 Å². The van der Waals surface area contributed by atoms with Crippen molar-refractivity contribution in [2.75, 3.05) is 27.0 Å². The van der Waals surface area contributed by atoms with E-state index in [0.29, 0.717) is 0 Å². The fourth-order valence-corrected chi connectivity index (χ4v) is 1.54. The third-order valence-corrected chi connectivity index (χ3v) is 2.14. The lowest BCUT2D eigenvalue weighted by Gasteiger charge is -2.15. The van der Waals surface area contributed by atoms with Crippen LogP contribution in [0.2, 0.25) is 0 Å². The second-order valence-corrected chi connectivity index (χ2v) is 4.50. The summed E-state index contributed by atoms with van der Waals surface area (Å²) in [5, 5.41) is 2.62. The average Bonchev–Trinajstić information content (AvgIpc) is 2.12. The Hall–Kier alpha value is 0.0500. The van der Waals surface area contributed by atoms with Crippen molar-refractivity contribution < 1.29 is 37.6 Å². The third-order valence-electron chi connectivity index (χ3n) is 1.20. The van der Waals surface area contributed by atoms with E-state index in [1.165, 1.54) is 0 Å². The van der Waals surface area contributed by atoms with Gasteiger partial charge in [0.15, 0.2) is 0 Å². The number of hydrogen-bond acceptors (Lipinski definition) is 7. The Kier molecular flexibility index (Phi) is 8.21. The van der Waals surface area contributed by atoms with E-state index in [1.807, 2.05) is 0 Å². The molecule has 0 spiro atoms. The van der Waals surface area contributed by atoms with Gasteiger partial charge in [0, 0.05) is 0 Å². The quantitative estimate of drug-likeness (QED) is 0.266. The second kappa shape index (κ2) is 8.19. The molecule has 0 aliphatic heterocycles. The van der Waals surface area contributed by atoms with Gasteiger partial charge in [0.05, 0.1) is 13.3 Å². The van der Waals surface area contributed by atoms with E-state index in [2.05, 4.69) is 14.4 Å². The summed E-state index contributed by atoms with van der Waals surface area (Å²) in [6.45, 7) is -0.604. The Labute approximate surface area is 92.9 Å². The lowest BCUT2D eigenvalue weighted by molar-refractivity contribution is -0.187. The molecule has 96 valence electrons. The predicted molar refractivity (Wildman–Crippen MR) is 50.4 cm³/mol. The SMILES string of the molecule is CNCOCC(CO[P+](=O)[O-])OP(=O)(O)O. The van der Waals surface area contributed by atoms with E-state index < -0.39 is 28.8 Å². The maximum absolute atomic E-state index is 10.5. The molecule has 0 heterocycles. The first-order valence-corrected chi connectivity index (χ1v) is 6.71. The minimum absolute atomic E-state index is 0.129. The Morgan fingerprint density at radius 1 is 1.50 bits per heavy atom. The monoisotopic (exact) mass is 277 g/mol. The zero-order chi connectivity index (χ0) is 12.6. The summed E-state index contributed by atoms with van der Waals surface area (Å²) in [6.07, 6.45) is -1.16. The molecule has 2 unspecified atom stereocenters. The van der Waals surface area contributed by atoms with Crippen molar-refractivity contribution >= 4 is 16.1 Å². The van der Waals surface area contributed by atoms with Crippen molar-refractivity contribution in [1.29, 1.82) is 0 Å². The fourth-order valence-electron chi connectivity index (χ4n) is 0.740. The Morgan fingerprint density at radius 2 is 2.12 bits per heavy atom. The summed E-state index contributed by atoms with van der Waals surface area (Å²) in [5.74, 6) is 0. The zero-order valence-electron chi connectivity index (χ0n) is 8.44. The van der Waals surface area contributed by atoms with Crippen LogP contribution in [0.25, 0.3) is 0 Å². The maximum Gasteiger partial charge on any atom is 0.488 e. The lowest BCUT2D eigenvalue weighted by atomic mass is 10.4. The molecular weight excluding hydrogens is 264 g/mol. The van der Waals surface area contributed by atoms with Crippen LogP contribution in [0.5, 0.6) is 0 Å². The molecule has 0 saturated carbocycles. The first kappa shape index (κ1) is 16.1. The second-order valence-electron chi connectivity index (χ2n) is 2.61. The van der Waals surface area contributed by atoms with Crippen molar-refractivity contribution in [2.45, 2.75) is 6.10 Å². The summed E-state index contributed by atoms with van der Waals surface area (Å²) in [6, 6.07) is 0. The van der Waals surface area contributed by atoms with E-state index in [4.69, 9.17) is 14.5 Å². The van der Waals surface area contributed by atoms with Crippen LogP contribution >= 0.6 is 16.1 Å². The van der Waals surface area contributed by atoms with Crippen molar-refractivity contribution in [3.05, 3.63) is 0 Å². The minimum Gasteiger partial charge on any atom is -0.566 e. The van der Waals surface area contributed by atoms with E-state index >= 15 is 0 Å². The van der Waals surface area contributed by atoms with Crippen LogP contribution in [0.4, 0.5) is 0 Å². The number of phosphoric acid groups is 1. The summed E-state index contributed by atoms with van der Waals surface area (Å²) >= 11 is 0. The Bertz CT molecular complexity index is 255. The first-order valence-electron chi connectivity index (χ1n) is 4.08. The molecule has 0 bridgehead atoms. The van der Waals surface area contributed by atoms with E-state index in [-0.39, 0.29) is 13.3 Å². The van der Waals surface area contributed by atoms with Crippen molar-refractivity contribution in [3.8, 4) is 0 Å². The molecular formula is C5H13NO8P2. The Balaban J connectivity index is 4.05. The number of nitrogens with one attached hydrogen (secondary N) is 1. The van der Waals surface area contributed by atoms with Gasteiger partial charge < -0.3 is 19.4 Å². The first-order chi connectivity index (χ1) is 7.35. The normalized spacial score (nSPS) is 14.9. The number of ether oxygens (including phenoxy) is 1. The van der Waals surface area contributed by atoms with Crippen LogP contribution < -0.4 is 10.2 Å². The van der Waals surface area contributed by atoms with E-state index in [9.17, 15) is 14.0 Å². The lowest BCUT2D eigenvalue weighted by Crippen LogP contribution is -2.26. The van der Waals surface area contributed by atoms with Crippen LogP contribution in [0.15, 0.2) is 0 Å². The molecule has 11 heteroatoms. The van der Waals surface area contributed by atoms with Gasteiger partial charge in [0.2, 0.25) is 0 Å². The van der Waals surface area contributed by atoms with E-state index in [1.54, 1.807) is 7.05 Å². The maximum atomic E-state index is 10.5. The molecule has 0 rings (SSSR count). The molecule has 0 saturated heterocycles. The summed E-state index contributed by atoms with van der Waals surface area (Å²) < 4.78 is 33.9. The van der Waals surface area contributed by atoms with Gasteiger partial charge in [-0.1, -0.05) is 0 Å². The van der Waals surface area contributed by atoms with Crippen LogP contribution in [-0.2, 0) is 22.9 Å². The molecule has 0 aliphatic carbocycles. The van der Waals surface area contributed by atoms with Crippen molar-refractivity contribution in [1.82, 2.24) is 5.32 Å². The van der Waals surface area contributed by atoms with Crippen LogP contribution in [0.3, 0.4) is 0 Å². The summed E-state index contributed by atoms with van der Waals surface area (Å²) in [5.41, 5.74) is 0. The van der Waals surface area contributed by atoms with Crippen LogP contribution in [0, 0.1) is 0 Å². The largest absolute Gasteiger partial charge is 0.566 e. The summed E-state index contributed by atoms with van der Waals surface area (Å²) in [7, 11) is -6.20. The number of phosphoric ester groups is 1. The molecule has 0 radical (unpaired) electrons. The van der Waals surface area contributed by atoms with Gasteiger partial charge in [-0.3, -0.25) is 9.84 Å². The van der Waals surface area contributed by atoms with Gasteiger partial charge in [0.25, 0.3) is 0 Å². The highest BCUT2D eigenvalue weighted by Crippen LogP contribution is 2.37. The van der Waals surface area contributed by atoms with Gasteiger partial charge in [-0.2, -0.15) is 0 Å². The zero-order valence-corrected chi connectivity index (χ0v) is 10.2. The topological polar surface area (TPSA) is 137 Å². The molecule has 0 aromatic rings. The molecule has 0 amide bonds. The highest BCUT2D eigenvalue weighted by molar-refractivity contribution is 7.46. The number of hydrogen-bond donors (Lipinski definition) is 3. The highest BCUT2D eigenvalue weighted by Gasteiger charge is 2.24. The molecule has 0 aromatic carbocycles. The molecule has 3 N–H and O–H groups in total. The fraction of sp³-hybridized carbons (Fsp3) is 1.00. The molecule has 0 aromatic heterocycles. The highest BCUT2D eigenvalue weighted by atomic mass is 31.2. The molecule has 0 fully saturated rings. The van der Waals surface area contributed by atoms with Gasteiger partial charge in [0.1, 0.15) is 12.7 Å². The van der Waals surface area contributed by atoms with Gasteiger partial charge >= 0.3 is 16.1 Å². The minimum atomic E-state index is -4.71. The van der Waals surface area contributed by atoms with Gasteiger partial charge in [-0.05, 0) is 11.6 Å². The van der Waals surface area contributed by atoms with E-state index in [0.717, 1.165) is 0 Å². The summed E-state index contributed by atoms with van der Waals surface area (Å²) in [4.78, 5) is 27.2. The molecule has 16 heavy (non-hydrogen) atoms. The molecule has 0 aliphatic rings. The number of rotatable bonds is 9. The predicted octanol–water partition coefficient (Wildman–Crippen LogP) is -1.31. The van der Waals surface area contributed by atoms with Crippen LogP contribution in [0.1, 0.15) is 0 Å². The average molecular weight is 277 g/mol. The Morgan fingerprint density at radius 3 is 2.56 bits per heavy atom. The smallest absolute Gasteiger partial charge is 0.488 e.